The number of rotatable bonds is 9. The third-order valence-electron chi connectivity index (χ3n) is 5.85. The fourth-order valence-electron chi connectivity index (χ4n) is 3.99. The molecule has 1 fully saturated rings. The quantitative estimate of drug-likeness (QED) is 0.470. The minimum Gasteiger partial charge on any atom is -0.494 e. The molecule has 6 nitrogen and oxygen atoms in total. The van der Waals surface area contributed by atoms with Crippen molar-refractivity contribution in [2.45, 2.75) is 32.1 Å². The Balaban J connectivity index is 1.22. The normalized spacial score (nSPS) is 14.9. The van der Waals surface area contributed by atoms with Crippen LogP contribution in [0.3, 0.4) is 0 Å². The maximum atomic E-state index is 12.5. The first kappa shape index (κ1) is 22.4. The van der Waals surface area contributed by atoms with Crippen molar-refractivity contribution in [3.05, 3.63) is 59.7 Å². The van der Waals surface area contributed by atoms with E-state index in [0.717, 1.165) is 41.5 Å². The van der Waals surface area contributed by atoms with Crippen LogP contribution in [0.5, 0.6) is 5.75 Å². The molecule has 0 saturated carbocycles. The van der Waals surface area contributed by atoms with Gasteiger partial charge >= 0.3 is 0 Å². The lowest BCUT2D eigenvalue weighted by Gasteiger charge is -2.28. The van der Waals surface area contributed by atoms with Crippen LogP contribution >= 0.6 is 11.3 Å². The van der Waals surface area contributed by atoms with Gasteiger partial charge in [-0.2, -0.15) is 0 Å². The second-order valence-corrected chi connectivity index (χ2v) is 9.24. The topological polar surface area (TPSA) is 67.3 Å². The van der Waals surface area contributed by atoms with Crippen LogP contribution in [0.1, 0.15) is 31.2 Å². The average molecular weight is 451 g/mol. The summed E-state index contributed by atoms with van der Waals surface area (Å²) in [6, 6.07) is 11.6. The van der Waals surface area contributed by atoms with Gasteiger partial charge in [0.15, 0.2) is 5.13 Å². The second-order valence-electron chi connectivity index (χ2n) is 8.38. The van der Waals surface area contributed by atoms with E-state index in [1.807, 2.05) is 41.8 Å². The molecule has 1 amide bonds. The highest BCUT2D eigenvalue weighted by molar-refractivity contribution is 7.14. The van der Waals surface area contributed by atoms with Crippen molar-refractivity contribution in [2.24, 2.45) is 5.92 Å². The van der Waals surface area contributed by atoms with Gasteiger partial charge in [0, 0.05) is 23.3 Å². The molecule has 3 heterocycles. The molecule has 0 atom stereocenters. The van der Waals surface area contributed by atoms with Crippen LogP contribution in [-0.4, -0.2) is 47.5 Å². The third kappa shape index (κ3) is 6.61. The number of pyridine rings is 1. The van der Waals surface area contributed by atoms with Gasteiger partial charge in [-0.25, -0.2) is 4.98 Å². The summed E-state index contributed by atoms with van der Waals surface area (Å²) < 4.78 is 5.95. The van der Waals surface area contributed by atoms with Crippen molar-refractivity contribution in [3.63, 3.8) is 0 Å². The van der Waals surface area contributed by atoms with Gasteiger partial charge in [0.25, 0.3) is 0 Å². The molecule has 0 bridgehead atoms. The Bertz CT molecular complexity index is 1000. The molecule has 7 heteroatoms. The average Bonchev–Trinajstić information content (AvgIpc) is 3.27. The van der Waals surface area contributed by atoms with Crippen molar-refractivity contribution in [3.8, 4) is 17.0 Å². The monoisotopic (exact) mass is 450 g/mol. The summed E-state index contributed by atoms with van der Waals surface area (Å²) in [4.78, 5) is 23.4. The van der Waals surface area contributed by atoms with E-state index in [9.17, 15) is 4.79 Å². The van der Waals surface area contributed by atoms with Crippen molar-refractivity contribution in [2.75, 3.05) is 32.1 Å². The predicted octanol–water partition coefficient (Wildman–Crippen LogP) is 4.89. The first-order valence-corrected chi connectivity index (χ1v) is 12.1. The minimum atomic E-state index is -0.0833. The third-order valence-corrected chi connectivity index (χ3v) is 6.61. The molecule has 1 saturated heterocycles. The highest BCUT2D eigenvalue weighted by atomic mass is 32.1. The number of hydrogen-bond donors (Lipinski definition) is 1. The van der Waals surface area contributed by atoms with Gasteiger partial charge in [-0.1, -0.05) is 12.1 Å². The van der Waals surface area contributed by atoms with Gasteiger partial charge in [-0.3, -0.25) is 9.78 Å². The summed E-state index contributed by atoms with van der Waals surface area (Å²) in [6.45, 7) is 3.14. The molecule has 0 unspecified atom stereocenters. The molecule has 0 spiro atoms. The van der Waals surface area contributed by atoms with E-state index in [1.54, 1.807) is 12.4 Å². The molecule has 0 radical (unpaired) electrons. The van der Waals surface area contributed by atoms with Gasteiger partial charge in [-0.05, 0) is 81.6 Å². The molecule has 1 aromatic carbocycles. The number of nitrogens with one attached hydrogen (secondary N) is 1. The van der Waals surface area contributed by atoms with Gasteiger partial charge in [0.2, 0.25) is 5.91 Å². The summed E-state index contributed by atoms with van der Waals surface area (Å²) in [5, 5.41) is 5.44. The summed E-state index contributed by atoms with van der Waals surface area (Å²) in [7, 11) is 2.20. The smallest absolute Gasteiger partial charge is 0.230 e. The zero-order valence-electron chi connectivity index (χ0n) is 18.5. The highest BCUT2D eigenvalue weighted by Gasteiger charge is 2.16. The zero-order valence-corrected chi connectivity index (χ0v) is 19.3. The van der Waals surface area contributed by atoms with Crippen LogP contribution in [-0.2, 0) is 11.2 Å². The van der Waals surface area contributed by atoms with Crippen LogP contribution in [0.4, 0.5) is 5.13 Å². The van der Waals surface area contributed by atoms with E-state index in [1.165, 1.54) is 43.7 Å². The lowest BCUT2D eigenvalue weighted by atomic mass is 9.93. The predicted molar refractivity (Wildman–Crippen MR) is 129 cm³/mol. The Hall–Kier alpha value is -2.77. The van der Waals surface area contributed by atoms with Gasteiger partial charge in [0.1, 0.15) is 5.75 Å². The molecule has 0 aliphatic carbocycles. The molecular weight excluding hydrogens is 420 g/mol. The first-order valence-electron chi connectivity index (χ1n) is 11.2. The number of carbonyl (C=O) groups is 1. The van der Waals surface area contributed by atoms with Gasteiger partial charge < -0.3 is 15.0 Å². The van der Waals surface area contributed by atoms with Gasteiger partial charge in [-0.15, -0.1) is 11.3 Å². The number of likely N-dealkylation sites (tertiary alicyclic amines) is 1. The molecule has 1 aliphatic rings. The summed E-state index contributed by atoms with van der Waals surface area (Å²) >= 11 is 1.42. The first-order chi connectivity index (χ1) is 15.7. The lowest BCUT2D eigenvalue weighted by Crippen LogP contribution is -2.30. The zero-order chi connectivity index (χ0) is 22.2. The molecule has 1 N–H and O–H groups in total. The van der Waals surface area contributed by atoms with Crippen molar-refractivity contribution in [1.82, 2.24) is 14.9 Å². The molecular formula is C25H30N4O2S. The number of aromatic nitrogens is 2. The fraction of sp³-hybridized carbons (Fsp3) is 0.400. The van der Waals surface area contributed by atoms with E-state index in [4.69, 9.17) is 4.74 Å². The molecule has 3 aromatic rings. The molecule has 4 rings (SSSR count). The number of nitrogens with zero attached hydrogens (tertiary/aromatic N) is 3. The molecule has 32 heavy (non-hydrogen) atoms. The number of anilines is 1. The van der Waals surface area contributed by atoms with E-state index < -0.39 is 0 Å². The number of thiazole rings is 1. The maximum Gasteiger partial charge on any atom is 0.230 e. The molecule has 2 aromatic heterocycles. The number of benzene rings is 1. The van der Waals surface area contributed by atoms with Crippen LogP contribution in [0.25, 0.3) is 11.3 Å². The maximum absolute atomic E-state index is 12.5. The number of amides is 1. The fourth-order valence-corrected chi connectivity index (χ4v) is 4.73. The van der Waals surface area contributed by atoms with Crippen molar-refractivity contribution >= 4 is 22.4 Å². The van der Waals surface area contributed by atoms with E-state index in [2.05, 4.69) is 27.2 Å². The van der Waals surface area contributed by atoms with E-state index >= 15 is 0 Å². The second kappa shape index (κ2) is 11.2. The van der Waals surface area contributed by atoms with Crippen LogP contribution in [0.15, 0.2) is 54.2 Å². The van der Waals surface area contributed by atoms with Gasteiger partial charge in [0.05, 0.1) is 18.7 Å². The number of hydrogen-bond acceptors (Lipinski definition) is 6. The standard InChI is InChI=1S/C25H30N4O2S/c1-29-13-9-19(10-14-29)5-3-15-31-22-6-2-4-20(16-22)17-24(30)28-25-27-23(18-32-25)21-7-11-26-12-8-21/h2,4,6-8,11-12,16,18-19H,3,5,9-10,13-15,17H2,1H3,(H,27,28,30). The number of ether oxygens (including phenoxy) is 1. The molecule has 168 valence electrons. The SMILES string of the molecule is CN1CCC(CCCOc2cccc(CC(=O)Nc3nc(-c4ccncc4)cs3)c2)CC1. The Morgan fingerprint density at radius 2 is 2.03 bits per heavy atom. The van der Waals surface area contributed by atoms with Crippen LogP contribution < -0.4 is 10.1 Å². The Labute approximate surface area is 193 Å². The summed E-state index contributed by atoms with van der Waals surface area (Å²) in [5.74, 6) is 1.57. The minimum absolute atomic E-state index is 0.0833. The van der Waals surface area contributed by atoms with Crippen molar-refractivity contribution in [1.29, 1.82) is 0 Å². The van der Waals surface area contributed by atoms with Crippen LogP contribution in [0, 0.1) is 5.92 Å². The Kier molecular flexibility index (Phi) is 7.85. The van der Waals surface area contributed by atoms with Crippen molar-refractivity contribution < 1.29 is 9.53 Å². The Morgan fingerprint density at radius 3 is 2.84 bits per heavy atom. The molecule has 1 aliphatic heterocycles. The lowest BCUT2D eigenvalue weighted by molar-refractivity contribution is -0.115. The van der Waals surface area contributed by atoms with E-state index in [0.29, 0.717) is 5.13 Å². The Morgan fingerprint density at radius 1 is 1.22 bits per heavy atom. The van der Waals surface area contributed by atoms with E-state index in [-0.39, 0.29) is 12.3 Å². The largest absolute Gasteiger partial charge is 0.494 e. The summed E-state index contributed by atoms with van der Waals surface area (Å²) in [5.41, 5.74) is 2.75. The highest BCUT2D eigenvalue weighted by Crippen LogP contribution is 2.25. The summed E-state index contributed by atoms with van der Waals surface area (Å²) in [6.07, 6.45) is 8.65. The number of piperidine rings is 1. The number of carbonyl (C=O) groups excluding carboxylic acids is 1. The van der Waals surface area contributed by atoms with Crippen LogP contribution in [0.2, 0.25) is 0 Å².